The number of rotatable bonds is 1. The van der Waals surface area contributed by atoms with E-state index in [4.69, 9.17) is 4.74 Å². The molecule has 4 nitrogen and oxygen atoms in total. The molecule has 0 aliphatic carbocycles. The van der Waals surface area contributed by atoms with Crippen molar-refractivity contribution in [3.63, 3.8) is 0 Å². The Morgan fingerprint density at radius 1 is 1.33 bits per heavy atom. The van der Waals surface area contributed by atoms with Gasteiger partial charge < -0.3 is 9.14 Å². The van der Waals surface area contributed by atoms with Gasteiger partial charge in [-0.3, -0.25) is 4.98 Å². The molecule has 0 unspecified atom stereocenters. The van der Waals surface area contributed by atoms with Crippen LogP contribution in [0.15, 0.2) is 24.9 Å². The van der Waals surface area contributed by atoms with Crippen molar-refractivity contribution in [1.29, 1.82) is 0 Å². The summed E-state index contributed by atoms with van der Waals surface area (Å²) in [6, 6.07) is 0. The topological polar surface area (TPSA) is 39.4 Å². The number of nitrogens with zero attached hydrogens (tertiary/aromatic N) is 3. The molecule has 0 aromatic carbocycles. The van der Waals surface area contributed by atoms with Gasteiger partial charge >= 0.3 is 0 Å². The summed E-state index contributed by atoms with van der Waals surface area (Å²) >= 11 is 0. The molecule has 3 rings (SSSR count). The number of aromatic nitrogens is 3. The first-order valence-corrected chi connectivity index (χ1v) is 5.29. The molecule has 1 aliphatic rings. The van der Waals surface area contributed by atoms with Crippen LogP contribution in [0.5, 0.6) is 0 Å². The Morgan fingerprint density at radius 2 is 2.20 bits per heavy atom. The van der Waals surface area contributed by atoms with Crippen molar-refractivity contribution in [3.05, 3.63) is 30.6 Å². The maximum atomic E-state index is 5.36. The van der Waals surface area contributed by atoms with E-state index in [1.54, 1.807) is 6.20 Å². The van der Waals surface area contributed by atoms with Gasteiger partial charge in [0, 0.05) is 31.5 Å². The fraction of sp³-hybridized carbons (Fsp3) is 0.455. The highest BCUT2D eigenvalue weighted by Crippen LogP contribution is 2.28. The van der Waals surface area contributed by atoms with Crippen LogP contribution in [0.4, 0.5) is 0 Å². The van der Waals surface area contributed by atoms with Crippen LogP contribution in [-0.4, -0.2) is 27.6 Å². The van der Waals surface area contributed by atoms with Crippen molar-refractivity contribution in [2.75, 3.05) is 13.2 Å². The first-order valence-electron chi connectivity index (χ1n) is 5.29. The van der Waals surface area contributed by atoms with Gasteiger partial charge in [0.25, 0.3) is 0 Å². The summed E-state index contributed by atoms with van der Waals surface area (Å²) in [5.41, 5.74) is 2.30. The van der Waals surface area contributed by atoms with Gasteiger partial charge in [-0.05, 0) is 12.8 Å². The molecule has 3 heterocycles. The van der Waals surface area contributed by atoms with Crippen molar-refractivity contribution in [2.45, 2.75) is 18.8 Å². The van der Waals surface area contributed by atoms with E-state index >= 15 is 0 Å². The van der Waals surface area contributed by atoms with Gasteiger partial charge in [-0.15, -0.1) is 0 Å². The first kappa shape index (κ1) is 8.85. The number of imidazole rings is 1. The lowest BCUT2D eigenvalue weighted by molar-refractivity contribution is 0.0848. The van der Waals surface area contributed by atoms with Crippen molar-refractivity contribution >= 4 is 5.52 Å². The molecule has 78 valence electrons. The van der Waals surface area contributed by atoms with Gasteiger partial charge in [-0.2, -0.15) is 0 Å². The Bertz CT molecular complexity index is 460. The lowest BCUT2D eigenvalue weighted by Gasteiger charge is -2.20. The van der Waals surface area contributed by atoms with Crippen LogP contribution in [0.2, 0.25) is 0 Å². The van der Waals surface area contributed by atoms with Crippen molar-refractivity contribution in [1.82, 2.24) is 14.4 Å². The van der Waals surface area contributed by atoms with E-state index in [1.807, 2.05) is 23.1 Å². The van der Waals surface area contributed by atoms with E-state index in [0.717, 1.165) is 31.6 Å². The van der Waals surface area contributed by atoms with Crippen LogP contribution in [-0.2, 0) is 4.74 Å². The smallest absolute Gasteiger partial charge is 0.0996 e. The van der Waals surface area contributed by atoms with Crippen LogP contribution in [0.3, 0.4) is 0 Å². The van der Waals surface area contributed by atoms with Gasteiger partial charge in [0.2, 0.25) is 0 Å². The average molecular weight is 203 g/mol. The maximum absolute atomic E-state index is 5.36. The SMILES string of the molecule is c1cn2cnc(C3CCOCC3)c2cn1. The molecule has 0 bridgehead atoms. The fourth-order valence-corrected chi connectivity index (χ4v) is 2.15. The summed E-state index contributed by atoms with van der Waals surface area (Å²) in [6.45, 7) is 1.70. The zero-order valence-electron chi connectivity index (χ0n) is 8.47. The first-order chi connectivity index (χ1) is 7.45. The minimum absolute atomic E-state index is 0.535. The standard InChI is InChI=1S/C11H13N3O/c1-5-15-6-2-9(1)11-10-7-12-3-4-14(10)8-13-11/h3-4,7-9H,1-2,5-6H2. The third-order valence-electron chi connectivity index (χ3n) is 2.98. The molecule has 1 fully saturated rings. The summed E-state index contributed by atoms with van der Waals surface area (Å²) in [5, 5.41) is 0. The van der Waals surface area contributed by atoms with E-state index in [0.29, 0.717) is 5.92 Å². The van der Waals surface area contributed by atoms with Crippen LogP contribution in [0.25, 0.3) is 5.52 Å². The summed E-state index contributed by atoms with van der Waals surface area (Å²) in [5.74, 6) is 0.535. The van der Waals surface area contributed by atoms with Gasteiger partial charge in [0.1, 0.15) is 0 Å². The second kappa shape index (κ2) is 3.62. The van der Waals surface area contributed by atoms with E-state index in [1.165, 1.54) is 5.69 Å². The predicted octanol–water partition coefficient (Wildman–Crippen LogP) is 1.62. The fourth-order valence-electron chi connectivity index (χ4n) is 2.15. The van der Waals surface area contributed by atoms with Crippen molar-refractivity contribution in [2.24, 2.45) is 0 Å². The van der Waals surface area contributed by atoms with Gasteiger partial charge in [-0.1, -0.05) is 0 Å². The second-order valence-corrected chi connectivity index (χ2v) is 3.89. The van der Waals surface area contributed by atoms with Gasteiger partial charge in [0.05, 0.1) is 23.7 Å². The summed E-state index contributed by atoms with van der Waals surface area (Å²) in [7, 11) is 0. The Balaban J connectivity index is 2.02. The number of fused-ring (bicyclic) bond motifs is 1. The Labute approximate surface area is 87.9 Å². The maximum Gasteiger partial charge on any atom is 0.0996 e. The van der Waals surface area contributed by atoms with E-state index in [9.17, 15) is 0 Å². The Kier molecular flexibility index (Phi) is 2.14. The van der Waals surface area contributed by atoms with Gasteiger partial charge in [0.15, 0.2) is 0 Å². The minimum atomic E-state index is 0.535. The van der Waals surface area contributed by atoms with Gasteiger partial charge in [-0.25, -0.2) is 4.98 Å². The lowest BCUT2D eigenvalue weighted by atomic mass is 9.96. The highest BCUT2D eigenvalue weighted by atomic mass is 16.5. The lowest BCUT2D eigenvalue weighted by Crippen LogP contribution is -2.14. The summed E-state index contributed by atoms with van der Waals surface area (Å²) in [6.07, 6.45) is 9.61. The minimum Gasteiger partial charge on any atom is -0.381 e. The number of hydrogen-bond acceptors (Lipinski definition) is 3. The molecule has 0 N–H and O–H groups in total. The number of ether oxygens (including phenoxy) is 1. The highest BCUT2D eigenvalue weighted by Gasteiger charge is 2.20. The molecule has 2 aromatic rings. The van der Waals surface area contributed by atoms with Crippen LogP contribution in [0.1, 0.15) is 24.5 Å². The van der Waals surface area contributed by atoms with Crippen LogP contribution in [0, 0.1) is 0 Å². The molecular weight excluding hydrogens is 190 g/mol. The van der Waals surface area contributed by atoms with Crippen molar-refractivity contribution < 1.29 is 4.74 Å². The molecule has 0 amide bonds. The monoisotopic (exact) mass is 203 g/mol. The molecule has 0 saturated carbocycles. The molecule has 0 spiro atoms. The largest absolute Gasteiger partial charge is 0.381 e. The predicted molar refractivity (Wildman–Crippen MR) is 55.8 cm³/mol. The Hall–Kier alpha value is -1.42. The molecule has 15 heavy (non-hydrogen) atoms. The number of hydrogen-bond donors (Lipinski definition) is 0. The van der Waals surface area contributed by atoms with E-state index < -0.39 is 0 Å². The van der Waals surface area contributed by atoms with Crippen LogP contribution >= 0.6 is 0 Å². The van der Waals surface area contributed by atoms with Crippen LogP contribution < -0.4 is 0 Å². The quantitative estimate of drug-likeness (QED) is 0.707. The zero-order valence-corrected chi connectivity index (χ0v) is 8.47. The average Bonchev–Trinajstić information content (AvgIpc) is 2.74. The molecule has 2 aromatic heterocycles. The molecular formula is C11H13N3O. The molecule has 1 saturated heterocycles. The molecule has 4 heteroatoms. The third-order valence-corrected chi connectivity index (χ3v) is 2.98. The highest BCUT2D eigenvalue weighted by molar-refractivity contribution is 5.51. The second-order valence-electron chi connectivity index (χ2n) is 3.89. The molecule has 1 aliphatic heterocycles. The van der Waals surface area contributed by atoms with E-state index in [2.05, 4.69) is 9.97 Å². The Morgan fingerprint density at radius 3 is 3.07 bits per heavy atom. The normalized spacial score (nSPS) is 18.4. The van der Waals surface area contributed by atoms with Crippen molar-refractivity contribution in [3.8, 4) is 0 Å². The summed E-state index contributed by atoms with van der Waals surface area (Å²) in [4.78, 5) is 8.63. The third kappa shape index (κ3) is 1.51. The molecule has 0 atom stereocenters. The summed E-state index contributed by atoms with van der Waals surface area (Å²) < 4.78 is 7.39. The zero-order chi connectivity index (χ0) is 10.1. The van der Waals surface area contributed by atoms with E-state index in [-0.39, 0.29) is 0 Å². The molecule has 0 radical (unpaired) electrons.